The van der Waals surface area contributed by atoms with Crippen molar-refractivity contribution >= 4 is 34.9 Å². The Kier molecular flexibility index (Phi) is 6.56. The molecule has 2 aromatic rings. The third-order valence-corrected chi connectivity index (χ3v) is 4.32. The lowest BCUT2D eigenvalue weighted by atomic mass is 10.1. The number of nitrogen functional groups attached to an aromatic ring is 1. The summed E-state index contributed by atoms with van der Waals surface area (Å²) >= 11 is 11.3. The summed E-state index contributed by atoms with van der Waals surface area (Å²) in [4.78, 5) is 15.2. The standard InChI is InChI=1S/C16H11Cl2F5N2O3/c1-4-9(19)11(21)6(12(22)10(4)20)3-27-16(26)5(2)28-15-8(18)13(24)7(17)14(23)25-15/h5H,3H2,1-2H3,(H2,24,25)/t5-/m1/s1. The van der Waals surface area contributed by atoms with Gasteiger partial charge in [-0.3, -0.25) is 0 Å². The van der Waals surface area contributed by atoms with Gasteiger partial charge in [0, 0.05) is 5.56 Å². The highest BCUT2D eigenvalue weighted by molar-refractivity contribution is 6.39. The maximum atomic E-state index is 13.8. The molecule has 1 atom stereocenters. The van der Waals surface area contributed by atoms with Crippen molar-refractivity contribution in [3.63, 3.8) is 0 Å². The topological polar surface area (TPSA) is 74.4 Å². The van der Waals surface area contributed by atoms with E-state index in [-0.39, 0.29) is 10.7 Å². The Balaban J connectivity index is 2.15. The number of aromatic nitrogens is 1. The number of nitrogens with zero attached hydrogens (tertiary/aromatic N) is 1. The summed E-state index contributed by atoms with van der Waals surface area (Å²) in [6.45, 7) is 0.832. The Morgan fingerprint density at radius 3 is 2.14 bits per heavy atom. The lowest BCUT2D eigenvalue weighted by Gasteiger charge is -2.16. The fourth-order valence-electron chi connectivity index (χ4n) is 1.98. The van der Waals surface area contributed by atoms with Crippen LogP contribution >= 0.6 is 23.2 Å². The van der Waals surface area contributed by atoms with E-state index in [2.05, 4.69) is 9.72 Å². The minimum absolute atomic E-state index is 0.384. The fraction of sp³-hybridized carbons (Fsp3) is 0.250. The summed E-state index contributed by atoms with van der Waals surface area (Å²) in [6, 6.07) is 0. The van der Waals surface area contributed by atoms with Crippen molar-refractivity contribution in [3.8, 4) is 5.88 Å². The van der Waals surface area contributed by atoms with Gasteiger partial charge in [-0.25, -0.2) is 22.4 Å². The van der Waals surface area contributed by atoms with Gasteiger partial charge in [0.1, 0.15) is 16.7 Å². The van der Waals surface area contributed by atoms with Gasteiger partial charge < -0.3 is 15.2 Å². The number of nitrogens with two attached hydrogens (primary N) is 1. The maximum absolute atomic E-state index is 13.8. The first-order valence-electron chi connectivity index (χ1n) is 7.42. The second kappa shape index (κ2) is 8.36. The zero-order valence-electron chi connectivity index (χ0n) is 14.2. The predicted molar refractivity (Wildman–Crippen MR) is 89.5 cm³/mol. The molecule has 0 aliphatic rings. The molecule has 0 saturated carbocycles. The van der Waals surface area contributed by atoms with E-state index >= 15 is 0 Å². The molecule has 0 radical (unpaired) electrons. The largest absolute Gasteiger partial charge is 0.461 e. The summed E-state index contributed by atoms with van der Waals surface area (Å²) in [5.41, 5.74) is 3.08. The van der Waals surface area contributed by atoms with E-state index < -0.39 is 69.9 Å². The summed E-state index contributed by atoms with van der Waals surface area (Å²) in [7, 11) is 0. The Hall–Kier alpha value is -2.33. The van der Waals surface area contributed by atoms with Crippen LogP contribution in [0.15, 0.2) is 0 Å². The number of esters is 1. The zero-order valence-corrected chi connectivity index (χ0v) is 15.7. The van der Waals surface area contributed by atoms with Crippen molar-refractivity contribution in [2.24, 2.45) is 0 Å². The molecule has 0 spiro atoms. The van der Waals surface area contributed by atoms with Crippen LogP contribution in [0.4, 0.5) is 27.6 Å². The first-order chi connectivity index (χ1) is 13.0. The van der Waals surface area contributed by atoms with E-state index in [4.69, 9.17) is 33.7 Å². The first-order valence-corrected chi connectivity index (χ1v) is 8.17. The van der Waals surface area contributed by atoms with E-state index in [0.717, 1.165) is 13.8 Å². The lowest BCUT2D eigenvalue weighted by molar-refractivity contribution is -0.152. The number of pyridine rings is 1. The summed E-state index contributed by atoms with van der Waals surface area (Å²) in [5.74, 6) is -9.64. The van der Waals surface area contributed by atoms with Gasteiger partial charge in [0.25, 0.3) is 0 Å². The molecule has 0 fully saturated rings. The molecule has 0 bridgehead atoms. The van der Waals surface area contributed by atoms with Crippen LogP contribution in [0.2, 0.25) is 10.0 Å². The number of hydrogen-bond acceptors (Lipinski definition) is 5. The fourth-order valence-corrected chi connectivity index (χ4v) is 2.34. The van der Waals surface area contributed by atoms with Crippen LogP contribution in [0.1, 0.15) is 18.1 Å². The number of benzene rings is 1. The molecule has 5 nitrogen and oxygen atoms in total. The van der Waals surface area contributed by atoms with Crippen molar-refractivity contribution in [2.45, 2.75) is 26.6 Å². The van der Waals surface area contributed by atoms with Gasteiger partial charge in [0.05, 0.1) is 11.3 Å². The number of carbonyl (C=O) groups is 1. The number of halogens is 7. The van der Waals surface area contributed by atoms with E-state index in [1.54, 1.807) is 0 Å². The Morgan fingerprint density at radius 2 is 1.61 bits per heavy atom. The maximum Gasteiger partial charge on any atom is 0.347 e. The molecule has 0 unspecified atom stereocenters. The molecule has 0 aliphatic carbocycles. The summed E-state index contributed by atoms with van der Waals surface area (Å²) < 4.78 is 77.7. The van der Waals surface area contributed by atoms with Crippen LogP contribution in [0.3, 0.4) is 0 Å². The SMILES string of the molecule is Cc1c(F)c(F)c(COC(=O)[C@@H](C)Oc2nc(F)c(Cl)c(N)c2Cl)c(F)c1F. The third kappa shape index (κ3) is 4.07. The zero-order chi connectivity index (χ0) is 21.3. The normalized spacial score (nSPS) is 12.0. The van der Waals surface area contributed by atoms with E-state index in [1.807, 2.05) is 0 Å². The highest BCUT2D eigenvalue weighted by Crippen LogP contribution is 2.35. The van der Waals surface area contributed by atoms with Crippen LogP contribution in [0.5, 0.6) is 5.88 Å². The smallest absolute Gasteiger partial charge is 0.347 e. The van der Waals surface area contributed by atoms with E-state index in [0.29, 0.717) is 0 Å². The molecular formula is C16H11Cl2F5N2O3. The molecule has 12 heteroatoms. The van der Waals surface area contributed by atoms with Gasteiger partial charge in [0.2, 0.25) is 11.8 Å². The van der Waals surface area contributed by atoms with Gasteiger partial charge in [-0.05, 0) is 13.8 Å². The average molecular weight is 445 g/mol. The molecular weight excluding hydrogens is 434 g/mol. The third-order valence-electron chi connectivity index (χ3n) is 3.59. The van der Waals surface area contributed by atoms with Crippen LogP contribution in [0.25, 0.3) is 0 Å². The number of rotatable bonds is 5. The van der Waals surface area contributed by atoms with Crippen molar-refractivity contribution in [2.75, 3.05) is 5.73 Å². The summed E-state index contributed by atoms with van der Waals surface area (Å²) in [6.07, 6.45) is -1.50. The number of carbonyl (C=O) groups excluding carboxylic acids is 1. The van der Waals surface area contributed by atoms with Gasteiger partial charge in [0.15, 0.2) is 29.4 Å². The van der Waals surface area contributed by atoms with Gasteiger partial charge in [-0.15, -0.1) is 0 Å². The molecule has 2 N–H and O–H groups in total. The van der Waals surface area contributed by atoms with Crippen LogP contribution < -0.4 is 10.5 Å². The Morgan fingerprint density at radius 1 is 1.07 bits per heavy atom. The monoisotopic (exact) mass is 444 g/mol. The Labute approximate surface area is 165 Å². The predicted octanol–water partition coefficient (Wildman–Crippen LogP) is 4.49. The lowest BCUT2D eigenvalue weighted by Crippen LogP contribution is -2.27. The van der Waals surface area contributed by atoms with Crippen molar-refractivity contribution < 1.29 is 36.2 Å². The number of ether oxygens (including phenoxy) is 2. The highest BCUT2D eigenvalue weighted by Gasteiger charge is 2.26. The van der Waals surface area contributed by atoms with Crippen LogP contribution in [-0.2, 0) is 16.1 Å². The first kappa shape index (κ1) is 22.0. The van der Waals surface area contributed by atoms with E-state index in [9.17, 15) is 26.7 Å². The summed E-state index contributed by atoms with van der Waals surface area (Å²) in [5, 5.41) is -0.937. The van der Waals surface area contributed by atoms with Gasteiger partial charge in [-0.1, -0.05) is 23.2 Å². The Bertz CT molecular complexity index is 930. The molecule has 0 amide bonds. The van der Waals surface area contributed by atoms with Crippen molar-refractivity contribution in [3.05, 3.63) is 50.4 Å². The van der Waals surface area contributed by atoms with Crippen molar-refractivity contribution in [1.29, 1.82) is 0 Å². The molecule has 1 aromatic carbocycles. The number of anilines is 1. The molecule has 1 aromatic heterocycles. The quantitative estimate of drug-likeness (QED) is 0.318. The van der Waals surface area contributed by atoms with Crippen molar-refractivity contribution in [1.82, 2.24) is 4.98 Å². The van der Waals surface area contributed by atoms with Gasteiger partial charge in [-0.2, -0.15) is 9.37 Å². The van der Waals surface area contributed by atoms with Crippen LogP contribution in [0, 0.1) is 36.1 Å². The van der Waals surface area contributed by atoms with Gasteiger partial charge >= 0.3 is 5.97 Å². The number of hydrogen-bond donors (Lipinski definition) is 1. The molecule has 152 valence electrons. The molecule has 2 rings (SSSR count). The van der Waals surface area contributed by atoms with E-state index in [1.165, 1.54) is 0 Å². The minimum atomic E-state index is -1.70. The minimum Gasteiger partial charge on any atom is -0.461 e. The molecule has 1 heterocycles. The molecule has 28 heavy (non-hydrogen) atoms. The average Bonchev–Trinajstić information content (AvgIpc) is 2.66. The second-order valence-corrected chi connectivity index (χ2v) is 6.23. The van der Waals surface area contributed by atoms with Crippen LogP contribution in [-0.4, -0.2) is 17.1 Å². The second-order valence-electron chi connectivity index (χ2n) is 5.48. The highest BCUT2D eigenvalue weighted by atomic mass is 35.5. The molecule has 0 aliphatic heterocycles. The molecule has 0 saturated heterocycles.